The number of fused-ring (bicyclic) bond motifs is 1. The van der Waals surface area contributed by atoms with Crippen molar-refractivity contribution in [1.29, 1.82) is 0 Å². The maximum absolute atomic E-state index is 6.38. The van der Waals surface area contributed by atoms with E-state index in [-0.39, 0.29) is 6.04 Å². The maximum atomic E-state index is 6.38. The van der Waals surface area contributed by atoms with Crippen molar-refractivity contribution < 1.29 is 4.74 Å². The molecule has 100 valence electrons. The predicted octanol–water partition coefficient (Wildman–Crippen LogP) is 2.46. The molecule has 3 heteroatoms. The summed E-state index contributed by atoms with van der Waals surface area (Å²) in [6, 6.07) is 12.8. The molecule has 0 amide bonds. The predicted molar refractivity (Wildman–Crippen MR) is 78.4 cm³/mol. The number of rotatable bonds is 3. The Morgan fingerprint density at radius 2 is 2.00 bits per heavy atom. The van der Waals surface area contributed by atoms with E-state index < -0.39 is 0 Å². The van der Waals surface area contributed by atoms with Crippen molar-refractivity contribution in [3.05, 3.63) is 42.0 Å². The van der Waals surface area contributed by atoms with Gasteiger partial charge in [0.2, 0.25) is 0 Å². The lowest BCUT2D eigenvalue weighted by molar-refractivity contribution is 0.415. The van der Waals surface area contributed by atoms with Gasteiger partial charge in [0.1, 0.15) is 5.75 Å². The molecule has 1 saturated heterocycles. The number of hydrogen-bond donors (Lipinski definition) is 2. The van der Waals surface area contributed by atoms with Gasteiger partial charge < -0.3 is 15.8 Å². The van der Waals surface area contributed by atoms with Crippen LogP contribution in [0.2, 0.25) is 0 Å². The molecule has 2 aromatic carbocycles. The summed E-state index contributed by atoms with van der Waals surface area (Å²) in [5.74, 6) is 1.44. The molecular formula is C16H20N2O. The minimum atomic E-state index is 0.126. The van der Waals surface area contributed by atoms with E-state index in [1.807, 2.05) is 6.07 Å². The van der Waals surface area contributed by atoms with Gasteiger partial charge in [0.15, 0.2) is 0 Å². The molecule has 0 spiro atoms. The van der Waals surface area contributed by atoms with Crippen LogP contribution in [0.5, 0.6) is 5.75 Å². The Kier molecular flexibility index (Phi) is 3.40. The molecule has 0 radical (unpaired) electrons. The number of hydrogen-bond acceptors (Lipinski definition) is 3. The van der Waals surface area contributed by atoms with Crippen LogP contribution in [-0.2, 0) is 0 Å². The van der Waals surface area contributed by atoms with Crippen molar-refractivity contribution in [2.24, 2.45) is 11.7 Å². The van der Waals surface area contributed by atoms with Crippen molar-refractivity contribution in [3.63, 3.8) is 0 Å². The minimum Gasteiger partial charge on any atom is -0.497 e. The number of nitrogens with two attached hydrogens (primary N) is 1. The quantitative estimate of drug-likeness (QED) is 0.887. The summed E-state index contributed by atoms with van der Waals surface area (Å²) in [4.78, 5) is 0. The average Bonchev–Trinajstić information content (AvgIpc) is 2.99. The van der Waals surface area contributed by atoms with Crippen molar-refractivity contribution in [3.8, 4) is 5.75 Å². The topological polar surface area (TPSA) is 47.3 Å². The molecule has 3 N–H and O–H groups in total. The Hall–Kier alpha value is -1.58. The molecule has 1 heterocycles. The van der Waals surface area contributed by atoms with Crippen molar-refractivity contribution in [1.82, 2.24) is 5.32 Å². The van der Waals surface area contributed by atoms with E-state index in [0.29, 0.717) is 5.92 Å². The highest BCUT2D eigenvalue weighted by Gasteiger charge is 2.22. The lowest BCUT2D eigenvalue weighted by Crippen LogP contribution is -2.23. The van der Waals surface area contributed by atoms with E-state index >= 15 is 0 Å². The van der Waals surface area contributed by atoms with Crippen LogP contribution in [-0.4, -0.2) is 20.2 Å². The second-order valence-corrected chi connectivity index (χ2v) is 5.25. The summed E-state index contributed by atoms with van der Waals surface area (Å²) in [6.45, 7) is 2.12. The van der Waals surface area contributed by atoms with Crippen molar-refractivity contribution >= 4 is 10.8 Å². The van der Waals surface area contributed by atoms with Gasteiger partial charge in [-0.1, -0.05) is 18.2 Å². The molecule has 1 fully saturated rings. The van der Waals surface area contributed by atoms with Crippen LogP contribution in [0, 0.1) is 5.92 Å². The van der Waals surface area contributed by atoms with Crippen LogP contribution in [0.1, 0.15) is 18.0 Å². The maximum Gasteiger partial charge on any atom is 0.119 e. The Morgan fingerprint density at radius 3 is 2.74 bits per heavy atom. The van der Waals surface area contributed by atoms with Crippen molar-refractivity contribution in [2.75, 3.05) is 20.2 Å². The molecule has 2 unspecified atom stereocenters. The number of benzene rings is 2. The normalized spacial score (nSPS) is 20.6. The first kappa shape index (κ1) is 12.5. The van der Waals surface area contributed by atoms with Crippen LogP contribution in [0.25, 0.3) is 10.8 Å². The van der Waals surface area contributed by atoms with Gasteiger partial charge in [0.25, 0.3) is 0 Å². The summed E-state index contributed by atoms with van der Waals surface area (Å²) < 4.78 is 5.25. The van der Waals surface area contributed by atoms with Gasteiger partial charge in [0, 0.05) is 6.04 Å². The van der Waals surface area contributed by atoms with E-state index in [9.17, 15) is 0 Å². The number of ether oxygens (including phenoxy) is 1. The molecule has 0 aromatic heterocycles. The second-order valence-electron chi connectivity index (χ2n) is 5.25. The van der Waals surface area contributed by atoms with Crippen LogP contribution < -0.4 is 15.8 Å². The number of methoxy groups -OCH3 is 1. The first-order valence-corrected chi connectivity index (χ1v) is 6.82. The Balaban J connectivity index is 1.92. The van der Waals surface area contributed by atoms with Crippen molar-refractivity contribution in [2.45, 2.75) is 12.5 Å². The summed E-state index contributed by atoms with van der Waals surface area (Å²) >= 11 is 0. The highest BCUT2D eigenvalue weighted by molar-refractivity contribution is 5.84. The van der Waals surface area contributed by atoms with Crippen LogP contribution >= 0.6 is 0 Å². The number of nitrogens with one attached hydrogen (secondary N) is 1. The summed E-state index contributed by atoms with van der Waals surface area (Å²) in [7, 11) is 1.69. The standard InChI is InChI=1S/C16H20N2O/c1-19-15-5-4-11-8-13(3-2-12(11)9-15)16(17)14-6-7-18-10-14/h2-5,8-9,14,16,18H,6-7,10,17H2,1H3. The molecule has 3 rings (SSSR count). The summed E-state index contributed by atoms with van der Waals surface area (Å²) in [5, 5.41) is 5.79. The molecule has 3 nitrogen and oxygen atoms in total. The first-order chi connectivity index (χ1) is 9.28. The Morgan fingerprint density at radius 1 is 1.21 bits per heavy atom. The van der Waals surface area contributed by atoms with Gasteiger partial charge in [-0.15, -0.1) is 0 Å². The minimum absolute atomic E-state index is 0.126. The van der Waals surface area contributed by atoms with Gasteiger partial charge in [-0.05, 0) is 60.0 Å². The zero-order valence-electron chi connectivity index (χ0n) is 11.2. The third-order valence-corrected chi connectivity index (χ3v) is 4.06. The fraction of sp³-hybridized carbons (Fsp3) is 0.375. The highest BCUT2D eigenvalue weighted by Crippen LogP contribution is 2.28. The third kappa shape index (κ3) is 2.44. The molecule has 0 bridgehead atoms. The SMILES string of the molecule is COc1ccc2cc(C(N)C3CCNC3)ccc2c1. The van der Waals surface area contributed by atoms with E-state index in [0.717, 1.165) is 18.8 Å². The molecule has 19 heavy (non-hydrogen) atoms. The van der Waals surface area contributed by atoms with Gasteiger partial charge >= 0.3 is 0 Å². The average molecular weight is 256 g/mol. The summed E-state index contributed by atoms with van der Waals surface area (Å²) in [5.41, 5.74) is 7.61. The zero-order chi connectivity index (χ0) is 13.2. The second kappa shape index (κ2) is 5.19. The zero-order valence-corrected chi connectivity index (χ0v) is 11.2. The Bertz CT molecular complexity index is 576. The lowest BCUT2D eigenvalue weighted by atomic mass is 9.92. The summed E-state index contributed by atoms with van der Waals surface area (Å²) in [6.07, 6.45) is 1.17. The van der Waals surface area contributed by atoms with Crippen LogP contribution in [0.3, 0.4) is 0 Å². The van der Waals surface area contributed by atoms with E-state index in [2.05, 4.69) is 35.6 Å². The molecule has 0 saturated carbocycles. The highest BCUT2D eigenvalue weighted by atomic mass is 16.5. The van der Waals surface area contributed by atoms with Crippen LogP contribution in [0.4, 0.5) is 0 Å². The fourth-order valence-electron chi connectivity index (χ4n) is 2.83. The van der Waals surface area contributed by atoms with Gasteiger partial charge in [-0.3, -0.25) is 0 Å². The van der Waals surface area contributed by atoms with Gasteiger partial charge in [0.05, 0.1) is 7.11 Å². The van der Waals surface area contributed by atoms with E-state index in [1.165, 1.54) is 22.8 Å². The molecule has 0 aliphatic carbocycles. The lowest BCUT2D eigenvalue weighted by Gasteiger charge is -2.19. The molecule has 1 aliphatic rings. The molecule has 2 aromatic rings. The van der Waals surface area contributed by atoms with Crippen LogP contribution in [0.15, 0.2) is 36.4 Å². The monoisotopic (exact) mass is 256 g/mol. The molecular weight excluding hydrogens is 236 g/mol. The first-order valence-electron chi connectivity index (χ1n) is 6.82. The fourth-order valence-corrected chi connectivity index (χ4v) is 2.83. The van der Waals surface area contributed by atoms with Gasteiger partial charge in [-0.2, -0.15) is 0 Å². The van der Waals surface area contributed by atoms with E-state index in [1.54, 1.807) is 7.11 Å². The molecule has 2 atom stereocenters. The largest absolute Gasteiger partial charge is 0.497 e. The smallest absolute Gasteiger partial charge is 0.119 e. The van der Waals surface area contributed by atoms with Gasteiger partial charge in [-0.25, -0.2) is 0 Å². The van der Waals surface area contributed by atoms with E-state index in [4.69, 9.17) is 10.5 Å². The third-order valence-electron chi connectivity index (χ3n) is 4.06. The Labute approximate surface area is 113 Å². The molecule has 1 aliphatic heterocycles.